The second-order valence-electron chi connectivity index (χ2n) is 6.81. The highest BCUT2D eigenvalue weighted by molar-refractivity contribution is 6.05. The molecule has 9 nitrogen and oxygen atoms in total. The SMILES string of the molecule is O=C1COc2cc(C(=O)Nc3ccc(OCC(=O)N4CCOCC4)cc3)ccc2N1. The molecule has 2 aliphatic rings. The van der Waals surface area contributed by atoms with Crippen molar-refractivity contribution in [2.24, 2.45) is 0 Å². The maximum absolute atomic E-state index is 12.5. The van der Waals surface area contributed by atoms with Crippen LogP contribution in [0.1, 0.15) is 10.4 Å². The highest BCUT2D eigenvalue weighted by Crippen LogP contribution is 2.29. The van der Waals surface area contributed by atoms with Crippen molar-refractivity contribution >= 4 is 29.1 Å². The summed E-state index contributed by atoms with van der Waals surface area (Å²) in [7, 11) is 0. The third kappa shape index (κ3) is 4.69. The van der Waals surface area contributed by atoms with E-state index in [2.05, 4.69) is 10.6 Å². The molecule has 0 aromatic heterocycles. The molecule has 0 saturated carbocycles. The minimum atomic E-state index is -0.311. The van der Waals surface area contributed by atoms with E-state index in [1.165, 1.54) is 0 Å². The Hall–Kier alpha value is -3.59. The van der Waals surface area contributed by atoms with Crippen LogP contribution in [0.2, 0.25) is 0 Å². The molecule has 30 heavy (non-hydrogen) atoms. The first-order valence-electron chi connectivity index (χ1n) is 9.55. The summed E-state index contributed by atoms with van der Waals surface area (Å²) in [5.41, 5.74) is 1.52. The number of rotatable bonds is 5. The van der Waals surface area contributed by atoms with Gasteiger partial charge in [0.2, 0.25) is 0 Å². The Balaban J connectivity index is 1.31. The van der Waals surface area contributed by atoms with Crippen LogP contribution in [-0.2, 0) is 14.3 Å². The van der Waals surface area contributed by atoms with Crippen LogP contribution in [0.3, 0.4) is 0 Å². The Morgan fingerprint density at radius 3 is 2.63 bits per heavy atom. The van der Waals surface area contributed by atoms with Gasteiger partial charge in [0.1, 0.15) is 11.5 Å². The van der Waals surface area contributed by atoms with Crippen molar-refractivity contribution in [1.29, 1.82) is 0 Å². The average molecular weight is 411 g/mol. The van der Waals surface area contributed by atoms with E-state index >= 15 is 0 Å². The Morgan fingerprint density at radius 1 is 1.10 bits per heavy atom. The lowest BCUT2D eigenvalue weighted by Crippen LogP contribution is -2.42. The van der Waals surface area contributed by atoms with E-state index in [0.717, 1.165) is 0 Å². The van der Waals surface area contributed by atoms with Crippen molar-refractivity contribution < 1.29 is 28.6 Å². The van der Waals surface area contributed by atoms with Crippen molar-refractivity contribution in [2.45, 2.75) is 0 Å². The van der Waals surface area contributed by atoms with E-state index in [9.17, 15) is 14.4 Å². The van der Waals surface area contributed by atoms with E-state index in [1.807, 2.05) is 0 Å². The normalized spacial score (nSPS) is 15.5. The molecule has 2 aliphatic heterocycles. The molecule has 1 saturated heterocycles. The molecule has 1 fully saturated rings. The topological polar surface area (TPSA) is 106 Å². The number of anilines is 2. The number of hydrogen-bond acceptors (Lipinski definition) is 6. The maximum Gasteiger partial charge on any atom is 0.262 e. The molecule has 2 aromatic carbocycles. The van der Waals surface area contributed by atoms with Crippen molar-refractivity contribution in [1.82, 2.24) is 4.90 Å². The number of morpholine rings is 1. The molecule has 0 radical (unpaired) electrons. The lowest BCUT2D eigenvalue weighted by molar-refractivity contribution is -0.137. The van der Waals surface area contributed by atoms with E-state index in [4.69, 9.17) is 14.2 Å². The second-order valence-corrected chi connectivity index (χ2v) is 6.81. The minimum absolute atomic E-state index is 0.0443. The van der Waals surface area contributed by atoms with E-state index in [0.29, 0.717) is 54.7 Å². The van der Waals surface area contributed by atoms with Crippen LogP contribution in [0.5, 0.6) is 11.5 Å². The van der Waals surface area contributed by atoms with Gasteiger partial charge in [-0.05, 0) is 42.5 Å². The van der Waals surface area contributed by atoms with Crippen LogP contribution in [0, 0.1) is 0 Å². The maximum atomic E-state index is 12.5. The molecule has 9 heteroatoms. The number of amides is 3. The largest absolute Gasteiger partial charge is 0.484 e. The third-order valence-corrected chi connectivity index (χ3v) is 4.71. The van der Waals surface area contributed by atoms with Crippen LogP contribution in [0.25, 0.3) is 0 Å². The molecule has 0 atom stereocenters. The predicted octanol–water partition coefficient (Wildman–Crippen LogP) is 1.51. The van der Waals surface area contributed by atoms with Gasteiger partial charge in [-0.25, -0.2) is 0 Å². The molecule has 3 amide bonds. The predicted molar refractivity (Wildman–Crippen MR) is 108 cm³/mol. The molecule has 4 rings (SSSR count). The highest BCUT2D eigenvalue weighted by atomic mass is 16.5. The summed E-state index contributed by atoms with van der Waals surface area (Å²) in [6, 6.07) is 11.6. The van der Waals surface area contributed by atoms with Gasteiger partial charge in [0, 0.05) is 24.3 Å². The molecule has 0 bridgehead atoms. The smallest absolute Gasteiger partial charge is 0.262 e. The molecule has 156 valence electrons. The van der Waals surface area contributed by atoms with E-state index in [-0.39, 0.29) is 30.9 Å². The van der Waals surface area contributed by atoms with Crippen LogP contribution in [-0.4, -0.2) is 62.1 Å². The number of hydrogen-bond donors (Lipinski definition) is 2. The number of carbonyl (C=O) groups excluding carboxylic acids is 3. The van der Waals surface area contributed by atoms with Crippen LogP contribution >= 0.6 is 0 Å². The van der Waals surface area contributed by atoms with Gasteiger partial charge in [-0.2, -0.15) is 0 Å². The Bertz CT molecular complexity index is 954. The number of ether oxygens (including phenoxy) is 3. The minimum Gasteiger partial charge on any atom is -0.484 e. The van der Waals surface area contributed by atoms with Gasteiger partial charge in [-0.1, -0.05) is 0 Å². The molecule has 0 spiro atoms. The van der Waals surface area contributed by atoms with Crippen molar-refractivity contribution in [3.05, 3.63) is 48.0 Å². The first-order valence-corrected chi connectivity index (χ1v) is 9.55. The lowest BCUT2D eigenvalue weighted by Gasteiger charge is -2.26. The summed E-state index contributed by atoms with van der Waals surface area (Å²) < 4.78 is 16.1. The molecule has 2 aromatic rings. The van der Waals surface area contributed by atoms with E-state index in [1.54, 1.807) is 47.4 Å². The summed E-state index contributed by atoms with van der Waals surface area (Å²) in [5, 5.41) is 5.47. The molecule has 2 heterocycles. The Kier molecular flexibility index (Phi) is 5.80. The first-order chi connectivity index (χ1) is 14.6. The van der Waals surface area contributed by atoms with Gasteiger partial charge >= 0.3 is 0 Å². The summed E-state index contributed by atoms with van der Waals surface area (Å²) in [6.45, 7) is 2.13. The Morgan fingerprint density at radius 2 is 1.87 bits per heavy atom. The van der Waals surface area contributed by atoms with Crippen LogP contribution < -0.4 is 20.1 Å². The summed E-state index contributed by atoms with van der Waals surface area (Å²) >= 11 is 0. The monoisotopic (exact) mass is 411 g/mol. The average Bonchev–Trinajstić information content (AvgIpc) is 2.78. The molecule has 0 unspecified atom stereocenters. The molecule has 0 aliphatic carbocycles. The van der Waals surface area contributed by atoms with E-state index < -0.39 is 0 Å². The zero-order valence-corrected chi connectivity index (χ0v) is 16.2. The second kappa shape index (κ2) is 8.83. The van der Waals surface area contributed by atoms with Gasteiger partial charge in [0.25, 0.3) is 17.7 Å². The van der Waals surface area contributed by atoms with Crippen molar-refractivity contribution in [3.8, 4) is 11.5 Å². The fourth-order valence-corrected chi connectivity index (χ4v) is 3.10. The number of fused-ring (bicyclic) bond motifs is 1. The fraction of sp³-hybridized carbons (Fsp3) is 0.286. The number of nitrogens with one attached hydrogen (secondary N) is 2. The molecule has 2 N–H and O–H groups in total. The van der Waals surface area contributed by atoms with Gasteiger partial charge in [-0.15, -0.1) is 0 Å². The third-order valence-electron chi connectivity index (χ3n) is 4.71. The summed E-state index contributed by atoms with van der Waals surface area (Å²) in [5.74, 6) is 0.369. The Labute approximate surface area is 172 Å². The molecular weight excluding hydrogens is 390 g/mol. The highest BCUT2D eigenvalue weighted by Gasteiger charge is 2.19. The number of benzene rings is 2. The van der Waals surface area contributed by atoms with Crippen molar-refractivity contribution in [3.63, 3.8) is 0 Å². The number of carbonyl (C=O) groups is 3. The summed E-state index contributed by atoms with van der Waals surface area (Å²) in [6.07, 6.45) is 0. The van der Waals surface area contributed by atoms with Crippen LogP contribution in [0.15, 0.2) is 42.5 Å². The summed E-state index contributed by atoms with van der Waals surface area (Å²) in [4.78, 5) is 37.6. The van der Waals surface area contributed by atoms with Gasteiger partial charge in [-0.3, -0.25) is 14.4 Å². The first kappa shape index (κ1) is 19.7. The van der Waals surface area contributed by atoms with Crippen LogP contribution in [0.4, 0.5) is 11.4 Å². The quantitative estimate of drug-likeness (QED) is 0.773. The number of nitrogens with zero attached hydrogens (tertiary/aromatic N) is 1. The van der Waals surface area contributed by atoms with Gasteiger partial charge in [0.15, 0.2) is 13.2 Å². The molecular formula is C21H21N3O6. The van der Waals surface area contributed by atoms with Gasteiger partial charge in [0.05, 0.1) is 18.9 Å². The zero-order valence-electron chi connectivity index (χ0n) is 16.2. The lowest BCUT2D eigenvalue weighted by atomic mass is 10.1. The van der Waals surface area contributed by atoms with Crippen molar-refractivity contribution in [2.75, 3.05) is 50.2 Å². The zero-order chi connectivity index (χ0) is 20.9. The fourth-order valence-electron chi connectivity index (χ4n) is 3.10. The standard InChI is InChI=1S/C21H21N3O6/c25-19-12-30-18-11-14(1-6-17(18)23-19)21(27)22-15-2-4-16(5-3-15)29-13-20(26)24-7-9-28-10-8-24/h1-6,11H,7-10,12-13H2,(H,22,27)(H,23,25). The van der Waals surface area contributed by atoms with Gasteiger partial charge < -0.3 is 29.7 Å².